The first-order chi connectivity index (χ1) is 12.3. The summed E-state index contributed by atoms with van der Waals surface area (Å²) in [5.41, 5.74) is 5.66. The number of rotatable bonds is 8. The van der Waals surface area contributed by atoms with Crippen molar-refractivity contribution in [3.63, 3.8) is 0 Å². The molecule has 0 unspecified atom stereocenters. The molecule has 0 aliphatic carbocycles. The smallest absolute Gasteiger partial charge is 0.339 e. The van der Waals surface area contributed by atoms with Crippen LogP contribution in [0.15, 0.2) is 53.4 Å². The molecule has 0 spiro atoms. The first-order valence-corrected chi connectivity index (χ1v) is 9.48. The van der Waals surface area contributed by atoms with Gasteiger partial charge in [-0.15, -0.1) is 0 Å². The molecule has 26 heavy (non-hydrogen) atoms. The van der Waals surface area contributed by atoms with E-state index >= 15 is 0 Å². The molecule has 0 aliphatic rings. The number of nitrogens with one attached hydrogen (secondary N) is 1. The molecule has 0 bridgehead atoms. The van der Waals surface area contributed by atoms with Crippen LogP contribution in [0, 0.1) is 5.92 Å². The summed E-state index contributed by atoms with van der Waals surface area (Å²) in [6, 6.07) is 12.0. The summed E-state index contributed by atoms with van der Waals surface area (Å²) in [6.45, 7) is 4.50. The van der Waals surface area contributed by atoms with Crippen molar-refractivity contribution >= 4 is 21.7 Å². The molecule has 0 saturated carbocycles. The van der Waals surface area contributed by atoms with Crippen molar-refractivity contribution in [1.82, 2.24) is 0 Å². The van der Waals surface area contributed by atoms with Crippen LogP contribution in [0.2, 0.25) is 0 Å². The molecule has 0 fully saturated rings. The van der Waals surface area contributed by atoms with Crippen LogP contribution in [0.25, 0.3) is 0 Å². The van der Waals surface area contributed by atoms with Gasteiger partial charge in [0, 0.05) is 5.69 Å². The van der Waals surface area contributed by atoms with Crippen molar-refractivity contribution in [2.24, 2.45) is 11.7 Å². The molecule has 1 amide bonds. The van der Waals surface area contributed by atoms with Gasteiger partial charge in [-0.1, -0.05) is 13.8 Å². The van der Waals surface area contributed by atoms with Crippen LogP contribution in [0.4, 0.5) is 5.69 Å². The Labute approximate surface area is 153 Å². The average Bonchev–Trinajstić information content (AvgIpc) is 2.61. The zero-order valence-corrected chi connectivity index (χ0v) is 15.5. The Morgan fingerprint density at radius 3 is 2.15 bits per heavy atom. The zero-order valence-electron chi connectivity index (χ0n) is 14.6. The van der Waals surface area contributed by atoms with E-state index in [-0.39, 0.29) is 23.1 Å². The van der Waals surface area contributed by atoms with E-state index in [0.717, 1.165) is 0 Å². The van der Waals surface area contributed by atoms with Gasteiger partial charge in [0.2, 0.25) is 5.91 Å². The number of amides is 1. The topological polar surface area (TPSA) is 108 Å². The predicted molar refractivity (Wildman–Crippen MR) is 98.7 cm³/mol. The molecule has 0 radical (unpaired) electrons. The zero-order chi connectivity index (χ0) is 19.2. The largest absolute Gasteiger partial charge is 0.493 e. The van der Waals surface area contributed by atoms with Crippen LogP contribution in [-0.4, -0.2) is 27.5 Å². The van der Waals surface area contributed by atoms with Gasteiger partial charge in [-0.2, -0.15) is 8.42 Å². The molecule has 8 heteroatoms. The first kappa shape index (κ1) is 19.7. The first-order valence-electron chi connectivity index (χ1n) is 8.07. The van der Waals surface area contributed by atoms with Crippen LogP contribution < -0.4 is 20.0 Å². The number of carbonyl (C=O) groups is 1. The normalized spacial score (nSPS) is 11.2. The Bertz CT molecular complexity index is 831. The molecule has 0 atom stereocenters. The monoisotopic (exact) mass is 378 g/mol. The van der Waals surface area contributed by atoms with E-state index in [2.05, 4.69) is 5.32 Å². The van der Waals surface area contributed by atoms with E-state index in [9.17, 15) is 13.2 Å². The quantitative estimate of drug-likeness (QED) is 0.683. The van der Waals surface area contributed by atoms with E-state index in [0.29, 0.717) is 24.0 Å². The molecule has 7 nitrogen and oxygen atoms in total. The lowest BCUT2D eigenvalue weighted by Crippen LogP contribution is -2.21. The fourth-order valence-electron chi connectivity index (χ4n) is 1.95. The Balaban J connectivity index is 2.04. The SMILES string of the molecule is CC(C)COc1ccc(OS(=O)(=O)c2ccc(NC(=O)CN)cc2)cc1. The maximum absolute atomic E-state index is 12.3. The molecule has 0 aliphatic heterocycles. The minimum absolute atomic E-state index is 0.0246. The second-order valence-electron chi connectivity index (χ2n) is 5.99. The van der Waals surface area contributed by atoms with E-state index in [1.54, 1.807) is 12.1 Å². The standard InChI is InChI=1S/C18H22N2O5S/c1-13(2)12-24-15-5-7-16(8-6-15)25-26(22,23)17-9-3-14(4-10-17)20-18(21)11-19/h3-10,13H,11-12,19H2,1-2H3,(H,20,21). The van der Waals surface area contributed by atoms with E-state index in [1.165, 1.54) is 36.4 Å². The van der Waals surface area contributed by atoms with Gasteiger partial charge in [-0.3, -0.25) is 4.79 Å². The molecule has 0 aromatic heterocycles. The summed E-state index contributed by atoms with van der Waals surface area (Å²) in [4.78, 5) is 11.2. The molecule has 140 valence electrons. The molecular weight excluding hydrogens is 356 g/mol. The van der Waals surface area contributed by atoms with Crippen molar-refractivity contribution in [3.8, 4) is 11.5 Å². The number of hydrogen-bond donors (Lipinski definition) is 2. The summed E-state index contributed by atoms with van der Waals surface area (Å²) >= 11 is 0. The molecular formula is C18H22N2O5S. The van der Waals surface area contributed by atoms with Crippen molar-refractivity contribution < 1.29 is 22.1 Å². The van der Waals surface area contributed by atoms with Crippen LogP contribution >= 0.6 is 0 Å². The molecule has 2 aromatic rings. The summed E-state index contributed by atoms with van der Waals surface area (Å²) in [5.74, 6) is 0.853. The lowest BCUT2D eigenvalue weighted by molar-refractivity contribution is -0.114. The van der Waals surface area contributed by atoms with Crippen molar-refractivity contribution in [1.29, 1.82) is 0 Å². The third-order valence-corrected chi connectivity index (χ3v) is 4.49. The molecule has 2 rings (SSSR count). The number of nitrogens with two attached hydrogens (primary N) is 1. The van der Waals surface area contributed by atoms with Gasteiger partial charge < -0.3 is 20.0 Å². The van der Waals surface area contributed by atoms with Gasteiger partial charge in [0.25, 0.3) is 0 Å². The minimum Gasteiger partial charge on any atom is -0.493 e. The van der Waals surface area contributed by atoms with E-state index in [4.69, 9.17) is 14.7 Å². The molecule has 3 N–H and O–H groups in total. The Morgan fingerprint density at radius 1 is 1.04 bits per heavy atom. The van der Waals surface area contributed by atoms with Crippen LogP contribution in [0.1, 0.15) is 13.8 Å². The highest BCUT2D eigenvalue weighted by Crippen LogP contribution is 2.23. The minimum atomic E-state index is -3.98. The number of benzene rings is 2. The summed E-state index contributed by atoms with van der Waals surface area (Å²) in [7, 11) is -3.98. The number of ether oxygens (including phenoxy) is 1. The maximum atomic E-state index is 12.3. The molecule has 2 aromatic carbocycles. The molecule has 0 heterocycles. The third kappa shape index (κ3) is 5.75. The number of hydrogen-bond acceptors (Lipinski definition) is 6. The second-order valence-corrected chi connectivity index (χ2v) is 7.54. The van der Waals surface area contributed by atoms with Crippen molar-refractivity contribution in [3.05, 3.63) is 48.5 Å². The van der Waals surface area contributed by atoms with Gasteiger partial charge in [-0.25, -0.2) is 0 Å². The molecule has 0 saturated heterocycles. The van der Waals surface area contributed by atoms with E-state index < -0.39 is 10.1 Å². The lowest BCUT2D eigenvalue weighted by Gasteiger charge is -2.10. The Kier molecular flexibility index (Phi) is 6.59. The summed E-state index contributed by atoms with van der Waals surface area (Å²) in [6.07, 6.45) is 0. The fraction of sp³-hybridized carbons (Fsp3) is 0.278. The summed E-state index contributed by atoms with van der Waals surface area (Å²) < 4.78 is 35.3. The lowest BCUT2D eigenvalue weighted by atomic mass is 10.2. The van der Waals surface area contributed by atoms with Gasteiger partial charge in [0.1, 0.15) is 16.4 Å². The highest BCUT2D eigenvalue weighted by atomic mass is 32.2. The highest BCUT2D eigenvalue weighted by Gasteiger charge is 2.17. The van der Waals surface area contributed by atoms with Crippen LogP contribution in [0.5, 0.6) is 11.5 Å². The fourth-order valence-corrected chi connectivity index (χ4v) is 2.88. The summed E-state index contributed by atoms with van der Waals surface area (Å²) in [5, 5.41) is 2.53. The highest BCUT2D eigenvalue weighted by molar-refractivity contribution is 7.87. The van der Waals surface area contributed by atoms with Gasteiger partial charge in [-0.05, 0) is 54.4 Å². The second kappa shape index (κ2) is 8.68. The maximum Gasteiger partial charge on any atom is 0.339 e. The van der Waals surface area contributed by atoms with E-state index in [1.807, 2.05) is 13.8 Å². The Morgan fingerprint density at radius 2 is 1.62 bits per heavy atom. The third-order valence-electron chi connectivity index (χ3n) is 3.23. The van der Waals surface area contributed by atoms with Gasteiger partial charge in [0.05, 0.1) is 13.2 Å². The van der Waals surface area contributed by atoms with Crippen molar-refractivity contribution in [2.45, 2.75) is 18.7 Å². The van der Waals surface area contributed by atoms with Crippen LogP contribution in [0.3, 0.4) is 0 Å². The number of carbonyl (C=O) groups excluding carboxylic acids is 1. The number of anilines is 1. The van der Waals surface area contributed by atoms with Gasteiger partial charge >= 0.3 is 10.1 Å². The average molecular weight is 378 g/mol. The van der Waals surface area contributed by atoms with Crippen LogP contribution in [-0.2, 0) is 14.9 Å². The van der Waals surface area contributed by atoms with Crippen molar-refractivity contribution in [2.75, 3.05) is 18.5 Å². The predicted octanol–water partition coefficient (Wildman–Crippen LogP) is 2.39. The Hall–Kier alpha value is -2.58. The van der Waals surface area contributed by atoms with Gasteiger partial charge in [0.15, 0.2) is 0 Å².